The first kappa shape index (κ1) is 12.4. The van der Waals surface area contributed by atoms with E-state index >= 15 is 0 Å². The summed E-state index contributed by atoms with van der Waals surface area (Å²) in [5.41, 5.74) is 20.4. The van der Waals surface area contributed by atoms with Crippen LogP contribution in [0.5, 0.6) is 0 Å². The van der Waals surface area contributed by atoms with Gasteiger partial charge in [0.15, 0.2) is 29.1 Å². The Morgan fingerprint density at radius 2 is 1.59 bits per heavy atom. The highest BCUT2D eigenvalue weighted by Gasteiger charge is 2.18. The molecule has 0 unspecified atom stereocenters. The molecule has 0 atom stereocenters. The average Bonchev–Trinajstić information content (AvgIpc) is 2.15. The van der Waals surface area contributed by atoms with E-state index in [0.29, 0.717) is 0 Å². The van der Waals surface area contributed by atoms with Gasteiger partial charge in [-0.3, -0.25) is 9.59 Å². The Hall–Kier alpha value is -2.71. The summed E-state index contributed by atoms with van der Waals surface area (Å²) in [5.74, 6) is -2.19. The van der Waals surface area contributed by atoms with Crippen LogP contribution in [0.2, 0.25) is 0 Å². The van der Waals surface area contributed by atoms with Gasteiger partial charge in [-0.2, -0.15) is 4.99 Å². The van der Waals surface area contributed by atoms with Crippen LogP contribution in [0.1, 0.15) is 27.9 Å². The van der Waals surface area contributed by atoms with Crippen LogP contribution in [0.3, 0.4) is 0 Å². The van der Waals surface area contributed by atoms with Crippen LogP contribution in [-0.2, 0) is 0 Å². The number of nitrogens with two attached hydrogens (primary N) is 4. The van der Waals surface area contributed by atoms with Gasteiger partial charge in [0.25, 0.3) is 0 Å². The predicted octanol–water partition coefficient (Wildman–Crippen LogP) is -1.74. The number of Topliss-reactive ketones (excluding diaryl/α,β-unsaturated/α-hetero) is 1. The third kappa shape index (κ3) is 2.65. The number of hydrogen-bond donors (Lipinski definition) is 4. The Kier molecular flexibility index (Phi) is 3.22. The maximum Gasteiger partial charge on any atom is 0.302 e. The van der Waals surface area contributed by atoms with Crippen LogP contribution in [0.15, 0.2) is 4.99 Å². The summed E-state index contributed by atoms with van der Waals surface area (Å²) in [5, 5.41) is 0. The summed E-state index contributed by atoms with van der Waals surface area (Å²) in [6, 6.07) is 0. The molecule has 17 heavy (non-hydrogen) atoms. The van der Waals surface area contributed by atoms with Gasteiger partial charge in [0, 0.05) is 6.92 Å². The zero-order chi connectivity index (χ0) is 13.2. The van der Waals surface area contributed by atoms with Crippen LogP contribution < -0.4 is 22.9 Å². The Morgan fingerprint density at radius 1 is 1.06 bits per heavy atom. The molecule has 0 aliphatic carbocycles. The maximum absolute atomic E-state index is 11.5. The molecule has 9 nitrogen and oxygen atoms in total. The third-order valence-electron chi connectivity index (χ3n) is 1.72. The number of aromatic nitrogens is 2. The maximum atomic E-state index is 11.5. The van der Waals surface area contributed by atoms with E-state index in [-0.39, 0.29) is 23.0 Å². The summed E-state index contributed by atoms with van der Waals surface area (Å²) < 4.78 is 0. The molecule has 90 valence electrons. The number of nitrogens with zero attached hydrogens (tertiary/aromatic N) is 3. The topological polar surface area (TPSA) is 176 Å². The van der Waals surface area contributed by atoms with Crippen LogP contribution in [-0.4, -0.2) is 27.6 Å². The summed E-state index contributed by atoms with van der Waals surface area (Å²) >= 11 is 0. The standard InChI is InChI=1S/C8H11N7O2/c1-2(16)3-5(9)14-6(10)4(13-3)7(17)15-8(11)12/h1H3,(H4,9,10,14)(H4,11,12,15,17). The van der Waals surface area contributed by atoms with Crippen molar-refractivity contribution >= 4 is 29.3 Å². The van der Waals surface area contributed by atoms with Gasteiger partial charge < -0.3 is 22.9 Å². The Labute approximate surface area is 95.9 Å². The lowest BCUT2D eigenvalue weighted by atomic mass is 10.2. The number of carbonyl (C=O) groups is 2. The first-order valence-corrected chi connectivity index (χ1v) is 4.40. The highest BCUT2D eigenvalue weighted by molar-refractivity contribution is 6.05. The molecule has 0 spiro atoms. The molecular formula is C8H11N7O2. The minimum absolute atomic E-state index is 0.156. The van der Waals surface area contributed by atoms with E-state index in [9.17, 15) is 9.59 Å². The van der Waals surface area contributed by atoms with Gasteiger partial charge in [-0.05, 0) is 0 Å². The molecule has 0 fully saturated rings. The molecule has 1 heterocycles. The molecule has 0 aliphatic rings. The van der Waals surface area contributed by atoms with Gasteiger partial charge in [0.05, 0.1) is 0 Å². The second-order valence-electron chi connectivity index (χ2n) is 3.09. The first-order chi connectivity index (χ1) is 7.82. The number of aliphatic imine (C=N–C) groups is 1. The molecule has 0 saturated carbocycles. The molecule has 0 bridgehead atoms. The molecule has 8 N–H and O–H groups in total. The van der Waals surface area contributed by atoms with Crippen molar-refractivity contribution in [3.63, 3.8) is 0 Å². The van der Waals surface area contributed by atoms with E-state index in [1.54, 1.807) is 0 Å². The third-order valence-corrected chi connectivity index (χ3v) is 1.72. The van der Waals surface area contributed by atoms with Crippen LogP contribution in [0.25, 0.3) is 0 Å². The van der Waals surface area contributed by atoms with Crippen molar-refractivity contribution in [1.29, 1.82) is 0 Å². The number of anilines is 2. The Morgan fingerprint density at radius 3 is 2.06 bits per heavy atom. The quantitative estimate of drug-likeness (QED) is 0.266. The Bertz CT molecular complexity index is 519. The number of rotatable bonds is 2. The minimum Gasteiger partial charge on any atom is -0.382 e. The number of hydrogen-bond acceptors (Lipinski definition) is 6. The van der Waals surface area contributed by atoms with E-state index in [4.69, 9.17) is 22.9 Å². The lowest BCUT2D eigenvalue weighted by Gasteiger charge is -2.05. The molecule has 0 aliphatic heterocycles. The van der Waals surface area contributed by atoms with Gasteiger partial charge in [-0.25, -0.2) is 9.97 Å². The van der Waals surface area contributed by atoms with Crippen molar-refractivity contribution in [2.24, 2.45) is 16.5 Å². The smallest absolute Gasteiger partial charge is 0.302 e. The largest absolute Gasteiger partial charge is 0.382 e. The minimum atomic E-state index is -0.891. The number of carbonyl (C=O) groups excluding carboxylic acids is 2. The molecule has 1 aromatic heterocycles. The van der Waals surface area contributed by atoms with Crippen molar-refractivity contribution in [3.05, 3.63) is 11.4 Å². The molecule has 9 heteroatoms. The number of guanidine groups is 1. The lowest BCUT2D eigenvalue weighted by molar-refractivity contribution is 0.0998. The zero-order valence-corrected chi connectivity index (χ0v) is 8.97. The van der Waals surface area contributed by atoms with Gasteiger partial charge in [0.2, 0.25) is 0 Å². The summed E-state index contributed by atoms with van der Waals surface area (Å²) in [7, 11) is 0. The number of amides is 1. The van der Waals surface area contributed by atoms with Gasteiger partial charge in [0.1, 0.15) is 5.69 Å². The van der Waals surface area contributed by atoms with Crippen LogP contribution in [0, 0.1) is 0 Å². The molecule has 1 amide bonds. The van der Waals surface area contributed by atoms with Gasteiger partial charge >= 0.3 is 5.91 Å². The molecule has 1 rings (SSSR count). The zero-order valence-electron chi connectivity index (χ0n) is 8.97. The van der Waals surface area contributed by atoms with Crippen molar-refractivity contribution in [2.45, 2.75) is 6.92 Å². The summed E-state index contributed by atoms with van der Waals surface area (Å²) in [4.78, 5) is 33.2. The van der Waals surface area contributed by atoms with Crippen LogP contribution >= 0.6 is 0 Å². The number of ketones is 1. The van der Waals surface area contributed by atoms with E-state index in [1.807, 2.05) is 0 Å². The summed E-state index contributed by atoms with van der Waals surface area (Å²) in [6.07, 6.45) is 0. The molecule has 0 aromatic carbocycles. The van der Waals surface area contributed by atoms with Gasteiger partial charge in [-0.15, -0.1) is 0 Å². The fraction of sp³-hybridized carbons (Fsp3) is 0.125. The number of nitrogen functional groups attached to an aromatic ring is 2. The monoisotopic (exact) mass is 237 g/mol. The van der Waals surface area contributed by atoms with E-state index in [0.717, 1.165) is 0 Å². The normalized spacial score (nSPS) is 9.71. The fourth-order valence-corrected chi connectivity index (χ4v) is 1.05. The van der Waals surface area contributed by atoms with Crippen molar-refractivity contribution in [1.82, 2.24) is 9.97 Å². The second kappa shape index (κ2) is 4.43. The van der Waals surface area contributed by atoms with Crippen molar-refractivity contribution in [3.8, 4) is 0 Å². The highest BCUT2D eigenvalue weighted by atomic mass is 16.1. The lowest BCUT2D eigenvalue weighted by Crippen LogP contribution is -2.25. The van der Waals surface area contributed by atoms with E-state index < -0.39 is 17.6 Å². The first-order valence-electron chi connectivity index (χ1n) is 4.40. The molecule has 0 radical (unpaired) electrons. The SMILES string of the molecule is CC(=O)c1nc(C(=O)N=C(N)N)c(N)nc1N. The Balaban J connectivity index is 3.35. The molecule has 1 aromatic rings. The van der Waals surface area contributed by atoms with E-state index in [1.165, 1.54) is 6.92 Å². The molecular weight excluding hydrogens is 226 g/mol. The molecule has 0 saturated heterocycles. The van der Waals surface area contributed by atoms with E-state index in [2.05, 4.69) is 15.0 Å². The fourth-order valence-electron chi connectivity index (χ4n) is 1.05. The van der Waals surface area contributed by atoms with Gasteiger partial charge in [-0.1, -0.05) is 0 Å². The summed E-state index contributed by atoms with van der Waals surface area (Å²) in [6.45, 7) is 1.23. The van der Waals surface area contributed by atoms with Crippen molar-refractivity contribution < 1.29 is 9.59 Å². The van der Waals surface area contributed by atoms with Crippen molar-refractivity contribution in [2.75, 3.05) is 11.5 Å². The predicted molar refractivity (Wildman–Crippen MR) is 61.0 cm³/mol. The average molecular weight is 237 g/mol. The highest BCUT2D eigenvalue weighted by Crippen LogP contribution is 2.14. The van der Waals surface area contributed by atoms with Crippen LogP contribution in [0.4, 0.5) is 11.6 Å². The second-order valence-corrected chi connectivity index (χ2v) is 3.09.